The van der Waals surface area contributed by atoms with Gasteiger partial charge in [0.2, 0.25) is 12.3 Å². The number of nitrogens with zero attached hydrogens (tertiary/aromatic N) is 1. The summed E-state index contributed by atoms with van der Waals surface area (Å²) in [5.74, 6) is -1.66. The van der Waals surface area contributed by atoms with Crippen LogP contribution in [0.4, 0.5) is 13.6 Å². The lowest BCUT2D eigenvalue weighted by molar-refractivity contribution is -0.205. The van der Waals surface area contributed by atoms with Crippen molar-refractivity contribution in [3.05, 3.63) is 22.1 Å². The van der Waals surface area contributed by atoms with Crippen LogP contribution in [-0.4, -0.2) is 98.8 Å². The van der Waals surface area contributed by atoms with Crippen LogP contribution in [0.5, 0.6) is 0 Å². The topological polar surface area (TPSA) is 172 Å². The second kappa shape index (κ2) is 15.0. The van der Waals surface area contributed by atoms with Crippen LogP contribution >= 0.6 is 23.4 Å². The van der Waals surface area contributed by atoms with Crippen molar-refractivity contribution in [2.45, 2.75) is 106 Å². The molecule has 0 saturated carbocycles. The minimum atomic E-state index is -2.47. The second-order valence-electron chi connectivity index (χ2n) is 10.3. The third kappa shape index (κ3) is 8.57. The zero-order chi connectivity index (χ0) is 30.4. The Morgan fingerprint density at radius 2 is 1.88 bits per heavy atom. The van der Waals surface area contributed by atoms with Gasteiger partial charge in [0.05, 0.1) is 11.4 Å². The Morgan fingerprint density at radius 3 is 2.46 bits per heavy atom. The number of aryl methyl sites for hydroxylation is 1. The summed E-state index contributed by atoms with van der Waals surface area (Å²) >= 11 is 7.49. The standard InChI is InChI=1S/C25H37ClF2N2O10S/c1-11(26)17(21-19(32)18(31)20(33)23(40-21)41-3)29-22(34)14-6-4-13(5-7-16(27)28)8-9-30(14)24(35)37-10-15-12(2)38-25(36)39-15/h11,13-14,16-21,23,31-33H,4-10H2,1-3H3,(H,29,34). The molecule has 0 spiro atoms. The highest BCUT2D eigenvalue weighted by molar-refractivity contribution is 7.99. The van der Waals surface area contributed by atoms with Crippen LogP contribution < -0.4 is 11.1 Å². The van der Waals surface area contributed by atoms with Gasteiger partial charge in [-0.05, 0) is 51.7 Å². The maximum absolute atomic E-state index is 13.7. The fraction of sp³-hybridized carbons (Fsp3) is 0.800. The monoisotopic (exact) mass is 630 g/mol. The second-order valence-corrected chi connectivity index (χ2v) is 11.9. The van der Waals surface area contributed by atoms with Gasteiger partial charge < -0.3 is 38.9 Å². The van der Waals surface area contributed by atoms with E-state index in [0.717, 1.165) is 11.8 Å². The van der Waals surface area contributed by atoms with Crippen LogP contribution in [0.15, 0.2) is 13.6 Å². The highest BCUT2D eigenvalue weighted by Gasteiger charge is 2.48. The summed E-state index contributed by atoms with van der Waals surface area (Å²) in [6.07, 6.45) is -6.67. The fourth-order valence-electron chi connectivity index (χ4n) is 5.11. The van der Waals surface area contributed by atoms with Gasteiger partial charge in [0.1, 0.15) is 35.9 Å². The van der Waals surface area contributed by atoms with E-state index in [9.17, 15) is 38.5 Å². The first-order chi connectivity index (χ1) is 19.3. The van der Waals surface area contributed by atoms with Crippen molar-refractivity contribution in [3.63, 3.8) is 0 Å². The van der Waals surface area contributed by atoms with Crippen molar-refractivity contribution in [2.24, 2.45) is 5.92 Å². The Morgan fingerprint density at radius 1 is 1.17 bits per heavy atom. The Bertz CT molecular complexity index is 1070. The molecule has 3 heterocycles. The highest BCUT2D eigenvalue weighted by Crippen LogP contribution is 2.31. The third-order valence-corrected chi connectivity index (χ3v) is 8.62. The minimum Gasteiger partial charge on any atom is -0.441 e. The number of aliphatic hydroxyl groups excluding tert-OH is 3. The predicted octanol–water partition coefficient (Wildman–Crippen LogP) is 1.98. The molecule has 2 amide bonds. The van der Waals surface area contributed by atoms with E-state index in [0.29, 0.717) is 12.8 Å². The number of likely N-dealkylation sites (tertiary alicyclic amines) is 1. The molecular formula is C25H37ClF2N2O10S. The van der Waals surface area contributed by atoms with Crippen molar-refractivity contribution in [2.75, 3.05) is 12.8 Å². The molecule has 0 bridgehead atoms. The van der Waals surface area contributed by atoms with Crippen molar-refractivity contribution in [1.29, 1.82) is 0 Å². The summed E-state index contributed by atoms with van der Waals surface area (Å²) in [5, 5.41) is 33.1. The normalized spacial score (nSPS) is 30.5. The van der Waals surface area contributed by atoms with E-state index < -0.39 is 78.2 Å². The number of hydrogen-bond acceptors (Lipinski definition) is 11. The summed E-state index contributed by atoms with van der Waals surface area (Å²) in [6.45, 7) is 2.60. The first-order valence-electron chi connectivity index (χ1n) is 13.3. The molecule has 2 saturated heterocycles. The van der Waals surface area contributed by atoms with Gasteiger partial charge in [0, 0.05) is 13.0 Å². The molecule has 4 N–H and O–H groups in total. The number of halogens is 3. The first kappa shape index (κ1) is 33.6. The number of carbonyl (C=O) groups excluding carboxylic acids is 2. The molecule has 234 valence electrons. The van der Waals surface area contributed by atoms with E-state index in [1.54, 1.807) is 13.2 Å². The number of aliphatic hydroxyl groups is 3. The molecule has 9 atom stereocenters. The molecule has 3 rings (SSSR count). The van der Waals surface area contributed by atoms with Crippen LogP contribution in [0.25, 0.3) is 0 Å². The van der Waals surface area contributed by atoms with E-state index in [-0.39, 0.29) is 43.2 Å². The van der Waals surface area contributed by atoms with E-state index >= 15 is 0 Å². The van der Waals surface area contributed by atoms with Gasteiger partial charge in [-0.1, -0.05) is 0 Å². The molecule has 16 heteroatoms. The Balaban J connectivity index is 1.80. The van der Waals surface area contributed by atoms with Crippen molar-refractivity contribution in [1.82, 2.24) is 10.2 Å². The van der Waals surface area contributed by atoms with Crippen LogP contribution in [-0.2, 0) is 20.9 Å². The SMILES string of the molecule is CSC1OC(C(NC(=O)C2CCC(CCC(F)F)CCN2C(=O)OCc2oc(=O)oc2C)C(C)Cl)C(O)C(O)C1O. The van der Waals surface area contributed by atoms with Crippen LogP contribution in [0.1, 0.15) is 50.5 Å². The number of thioether (sulfide) groups is 1. The van der Waals surface area contributed by atoms with Crippen molar-refractivity contribution in [3.8, 4) is 0 Å². The molecule has 0 aromatic carbocycles. The number of nitrogens with one attached hydrogen (secondary N) is 1. The summed E-state index contributed by atoms with van der Waals surface area (Å²) in [6, 6.07) is -2.14. The van der Waals surface area contributed by atoms with Crippen LogP contribution in [0.3, 0.4) is 0 Å². The number of alkyl halides is 3. The number of hydrogen-bond donors (Lipinski definition) is 4. The molecule has 2 aliphatic rings. The lowest BCUT2D eigenvalue weighted by Crippen LogP contribution is -2.65. The lowest BCUT2D eigenvalue weighted by Gasteiger charge is -2.44. The van der Waals surface area contributed by atoms with Gasteiger partial charge >= 0.3 is 11.9 Å². The molecule has 2 fully saturated rings. The number of amides is 2. The third-order valence-electron chi connectivity index (χ3n) is 7.49. The zero-order valence-electron chi connectivity index (χ0n) is 22.9. The molecule has 9 unspecified atom stereocenters. The average Bonchev–Trinajstić information content (AvgIpc) is 3.10. The minimum absolute atomic E-state index is 0.00228. The van der Waals surface area contributed by atoms with Crippen LogP contribution in [0.2, 0.25) is 0 Å². The number of ether oxygens (including phenoxy) is 2. The Labute approximate surface area is 244 Å². The maximum Gasteiger partial charge on any atom is 0.519 e. The van der Waals surface area contributed by atoms with Crippen LogP contribution in [0, 0.1) is 12.8 Å². The van der Waals surface area contributed by atoms with Crippen molar-refractivity contribution >= 4 is 35.4 Å². The fourth-order valence-corrected chi connectivity index (χ4v) is 6.00. The molecule has 1 aromatic heterocycles. The first-order valence-corrected chi connectivity index (χ1v) is 15.0. The highest BCUT2D eigenvalue weighted by atomic mass is 35.5. The quantitative estimate of drug-likeness (QED) is 0.279. The average molecular weight is 631 g/mol. The smallest absolute Gasteiger partial charge is 0.441 e. The lowest BCUT2D eigenvalue weighted by atomic mass is 9.92. The number of carbonyl (C=O) groups is 2. The predicted molar refractivity (Wildman–Crippen MR) is 143 cm³/mol. The van der Waals surface area contributed by atoms with Gasteiger partial charge in [-0.25, -0.2) is 18.4 Å². The molecule has 12 nitrogen and oxygen atoms in total. The van der Waals surface area contributed by atoms with E-state index in [4.69, 9.17) is 29.9 Å². The molecule has 0 aliphatic carbocycles. The molecule has 1 aromatic rings. The molecular weight excluding hydrogens is 594 g/mol. The van der Waals surface area contributed by atoms with Gasteiger partial charge in [-0.2, -0.15) is 0 Å². The van der Waals surface area contributed by atoms with Gasteiger partial charge in [-0.15, -0.1) is 23.4 Å². The molecule has 41 heavy (non-hydrogen) atoms. The number of rotatable bonds is 10. The van der Waals surface area contributed by atoms with E-state index in [1.807, 2.05) is 0 Å². The summed E-state index contributed by atoms with van der Waals surface area (Å²) in [4.78, 5) is 39.3. The summed E-state index contributed by atoms with van der Waals surface area (Å²) < 4.78 is 46.4. The summed E-state index contributed by atoms with van der Waals surface area (Å²) in [7, 11) is 0. The molecule has 2 aliphatic heterocycles. The Hall–Kier alpha value is -1.91. The van der Waals surface area contributed by atoms with Gasteiger partial charge in [-0.3, -0.25) is 9.69 Å². The zero-order valence-corrected chi connectivity index (χ0v) is 24.5. The van der Waals surface area contributed by atoms with E-state index in [2.05, 4.69) is 5.32 Å². The summed E-state index contributed by atoms with van der Waals surface area (Å²) in [5.41, 5.74) is -0.903. The Kier molecular flexibility index (Phi) is 12.3. The van der Waals surface area contributed by atoms with E-state index in [1.165, 1.54) is 11.8 Å². The maximum atomic E-state index is 13.7. The molecule has 0 radical (unpaired) electrons. The van der Waals surface area contributed by atoms with Gasteiger partial charge in [0.15, 0.2) is 18.1 Å². The van der Waals surface area contributed by atoms with Crippen molar-refractivity contribution < 1.29 is 52.0 Å². The largest absolute Gasteiger partial charge is 0.519 e. The van der Waals surface area contributed by atoms with Gasteiger partial charge in [0.25, 0.3) is 0 Å².